The summed E-state index contributed by atoms with van der Waals surface area (Å²) in [7, 11) is 4.00. The molecule has 2 aromatic carbocycles. The van der Waals surface area contributed by atoms with Gasteiger partial charge in [-0.15, -0.1) is 0 Å². The number of anilines is 2. The normalized spacial score (nSPS) is 16.7. The number of para-hydroxylation sites is 1. The van der Waals surface area contributed by atoms with Gasteiger partial charge in [0, 0.05) is 44.3 Å². The molecule has 0 spiro atoms. The summed E-state index contributed by atoms with van der Waals surface area (Å²) in [6, 6.07) is 19.7. The number of benzene rings is 2. The molecule has 1 saturated carbocycles. The minimum atomic E-state index is -0.111. The number of nitrogens with one attached hydrogen (secondary N) is 2. The van der Waals surface area contributed by atoms with Crippen molar-refractivity contribution in [2.75, 3.05) is 30.9 Å². The molecule has 0 atom stereocenters. The van der Waals surface area contributed by atoms with Gasteiger partial charge in [-0.1, -0.05) is 37.3 Å². The molecule has 39 heavy (non-hydrogen) atoms. The van der Waals surface area contributed by atoms with Gasteiger partial charge in [0.05, 0.1) is 11.1 Å². The zero-order chi connectivity index (χ0) is 26.5. The van der Waals surface area contributed by atoms with Crippen molar-refractivity contribution in [3.8, 4) is 11.6 Å². The Hall–Kier alpha value is -4.20. The Morgan fingerprint density at radius 1 is 0.974 bits per heavy atom. The van der Waals surface area contributed by atoms with E-state index in [1.165, 1.54) is 5.56 Å². The van der Waals surface area contributed by atoms with Gasteiger partial charge in [-0.25, -0.2) is 9.97 Å². The van der Waals surface area contributed by atoms with Crippen LogP contribution in [0.3, 0.4) is 0 Å². The van der Waals surface area contributed by atoms with Crippen LogP contribution in [0.25, 0.3) is 10.9 Å². The van der Waals surface area contributed by atoms with E-state index < -0.39 is 0 Å². The molecule has 4 aromatic rings. The fraction of sp³-hybridized carbons (Fsp3) is 0.355. The van der Waals surface area contributed by atoms with Crippen molar-refractivity contribution in [2.45, 2.75) is 46.1 Å². The maximum Gasteiger partial charge on any atom is 0.252 e. The molecule has 2 N–H and O–H groups in total. The van der Waals surface area contributed by atoms with Gasteiger partial charge < -0.3 is 20.3 Å². The van der Waals surface area contributed by atoms with Crippen LogP contribution in [0, 0.1) is 12.8 Å². The van der Waals surface area contributed by atoms with Crippen LogP contribution in [0.15, 0.2) is 66.9 Å². The summed E-state index contributed by atoms with van der Waals surface area (Å²) in [4.78, 5) is 28.5. The largest absolute Gasteiger partial charge is 0.439 e. The third kappa shape index (κ3) is 7.02. The molecule has 0 radical (unpaired) electrons. The minimum Gasteiger partial charge on any atom is -0.439 e. The molecule has 1 aliphatic carbocycles. The molecule has 2 aromatic heterocycles. The van der Waals surface area contributed by atoms with Gasteiger partial charge in [0.1, 0.15) is 11.6 Å². The van der Waals surface area contributed by atoms with Crippen LogP contribution in [-0.2, 0) is 0 Å². The summed E-state index contributed by atoms with van der Waals surface area (Å²) in [6.07, 6.45) is 5.66. The number of nitrogens with zero attached hydrogens (tertiary/aromatic N) is 4. The van der Waals surface area contributed by atoms with E-state index >= 15 is 0 Å². The van der Waals surface area contributed by atoms with Gasteiger partial charge in [0.2, 0.25) is 11.8 Å². The molecule has 0 unspecified atom stereocenters. The number of carbonyl (C=O) groups is 1. The number of ether oxygens (including phenoxy) is 1. The first-order chi connectivity index (χ1) is 18.4. The first-order valence-corrected chi connectivity index (χ1v) is 13.1. The number of aromatic nitrogens is 3. The van der Waals surface area contributed by atoms with E-state index in [0.29, 0.717) is 35.9 Å². The Labute approximate surface area is 230 Å². The van der Waals surface area contributed by atoms with E-state index in [4.69, 9.17) is 14.7 Å². The number of amides is 1. The van der Waals surface area contributed by atoms with Crippen LogP contribution in [0.5, 0.6) is 11.6 Å². The van der Waals surface area contributed by atoms with E-state index in [1.807, 2.05) is 68.4 Å². The lowest BCUT2D eigenvalue weighted by Gasteiger charge is -2.29. The minimum absolute atomic E-state index is 0. The molecular weight excluding hydrogens is 488 g/mol. The average Bonchev–Trinajstić information content (AvgIpc) is 2.93. The average molecular weight is 527 g/mol. The van der Waals surface area contributed by atoms with Crippen LogP contribution in [-0.4, -0.2) is 47.5 Å². The quantitative estimate of drug-likeness (QED) is 0.281. The standard InChI is InChI=1S/C30H34N6O2.CH4/c1-20-8-15-24(16-9-20)38-27-17-12-22(19-31-27)29(37)32-18-21-10-13-23(14-11-21)33-30-34-26-7-5-4-6-25(26)28(35-30)36(2)3;/h4-9,12,15-17,19,21,23H,10-11,13-14,18H2,1-3H3,(H,32,37)(H,33,34,35);1H4. The number of hydrogen-bond donors (Lipinski definition) is 2. The van der Waals surface area contributed by atoms with Crippen molar-refractivity contribution < 1.29 is 9.53 Å². The van der Waals surface area contributed by atoms with Crippen LogP contribution in [0.2, 0.25) is 0 Å². The second-order valence-corrected chi connectivity index (χ2v) is 10.2. The zero-order valence-corrected chi connectivity index (χ0v) is 22.1. The topological polar surface area (TPSA) is 92.3 Å². The van der Waals surface area contributed by atoms with E-state index in [2.05, 4.69) is 21.7 Å². The molecular formula is C31H38N6O2. The van der Waals surface area contributed by atoms with E-state index in [-0.39, 0.29) is 13.3 Å². The summed E-state index contributed by atoms with van der Waals surface area (Å²) in [5.41, 5.74) is 2.63. The van der Waals surface area contributed by atoms with Gasteiger partial charge in [0.15, 0.2) is 0 Å². The second kappa shape index (κ2) is 12.6. The fourth-order valence-corrected chi connectivity index (χ4v) is 4.80. The molecule has 8 nitrogen and oxygen atoms in total. The molecule has 8 heteroatoms. The number of carbonyl (C=O) groups excluding carboxylic acids is 1. The SMILES string of the molecule is C.Cc1ccc(Oc2ccc(C(=O)NCC3CCC(Nc4nc(N(C)C)c5ccccc5n4)CC3)cn2)cc1. The molecule has 2 heterocycles. The van der Waals surface area contributed by atoms with Crippen LogP contribution in [0.1, 0.15) is 49.0 Å². The Morgan fingerprint density at radius 3 is 2.41 bits per heavy atom. The van der Waals surface area contributed by atoms with E-state index in [1.54, 1.807) is 18.3 Å². The summed E-state index contributed by atoms with van der Waals surface area (Å²) in [5, 5.41) is 7.67. The zero-order valence-electron chi connectivity index (χ0n) is 22.1. The van der Waals surface area contributed by atoms with Crippen molar-refractivity contribution in [2.24, 2.45) is 5.92 Å². The Bertz CT molecular complexity index is 1380. The number of fused-ring (bicyclic) bond motifs is 1. The van der Waals surface area contributed by atoms with Gasteiger partial charge in [-0.3, -0.25) is 4.79 Å². The first kappa shape index (κ1) is 27.8. The van der Waals surface area contributed by atoms with Crippen molar-refractivity contribution in [1.29, 1.82) is 0 Å². The lowest BCUT2D eigenvalue weighted by molar-refractivity contribution is 0.0943. The third-order valence-corrected chi connectivity index (χ3v) is 6.98. The summed E-state index contributed by atoms with van der Waals surface area (Å²) < 4.78 is 5.76. The predicted molar refractivity (Wildman–Crippen MR) is 158 cm³/mol. The maximum atomic E-state index is 12.7. The maximum absolute atomic E-state index is 12.7. The van der Waals surface area contributed by atoms with Crippen molar-refractivity contribution >= 4 is 28.6 Å². The molecule has 0 aliphatic heterocycles. The molecule has 5 rings (SSSR count). The number of hydrogen-bond acceptors (Lipinski definition) is 7. The summed E-state index contributed by atoms with van der Waals surface area (Å²) >= 11 is 0. The van der Waals surface area contributed by atoms with Gasteiger partial charge in [-0.2, -0.15) is 4.98 Å². The van der Waals surface area contributed by atoms with Crippen LogP contribution >= 0.6 is 0 Å². The molecule has 1 fully saturated rings. The third-order valence-electron chi connectivity index (χ3n) is 6.98. The summed E-state index contributed by atoms with van der Waals surface area (Å²) in [6.45, 7) is 2.68. The van der Waals surface area contributed by atoms with Gasteiger partial charge >= 0.3 is 0 Å². The molecule has 1 amide bonds. The lowest BCUT2D eigenvalue weighted by atomic mass is 9.86. The predicted octanol–water partition coefficient (Wildman–Crippen LogP) is 6.23. The van der Waals surface area contributed by atoms with Gasteiger partial charge in [0.25, 0.3) is 5.91 Å². The Morgan fingerprint density at radius 2 is 1.72 bits per heavy atom. The smallest absolute Gasteiger partial charge is 0.252 e. The lowest BCUT2D eigenvalue weighted by Crippen LogP contribution is -2.34. The van der Waals surface area contributed by atoms with Crippen LogP contribution in [0.4, 0.5) is 11.8 Å². The van der Waals surface area contributed by atoms with Crippen molar-refractivity contribution in [1.82, 2.24) is 20.3 Å². The monoisotopic (exact) mass is 526 g/mol. The Kier molecular flexibility index (Phi) is 8.96. The second-order valence-electron chi connectivity index (χ2n) is 10.2. The van der Waals surface area contributed by atoms with E-state index in [0.717, 1.165) is 48.2 Å². The van der Waals surface area contributed by atoms with Crippen LogP contribution < -0.4 is 20.3 Å². The summed E-state index contributed by atoms with van der Waals surface area (Å²) in [5.74, 6) is 3.11. The molecule has 0 saturated heterocycles. The van der Waals surface area contributed by atoms with Crippen molar-refractivity contribution in [3.05, 3.63) is 78.0 Å². The van der Waals surface area contributed by atoms with Crippen molar-refractivity contribution in [3.63, 3.8) is 0 Å². The van der Waals surface area contributed by atoms with Gasteiger partial charge in [-0.05, 0) is 68.9 Å². The highest BCUT2D eigenvalue weighted by Gasteiger charge is 2.23. The fourth-order valence-electron chi connectivity index (χ4n) is 4.80. The molecule has 0 bridgehead atoms. The Balaban J connectivity index is 0.00000353. The highest BCUT2D eigenvalue weighted by molar-refractivity contribution is 5.94. The van der Waals surface area contributed by atoms with E-state index in [9.17, 15) is 4.79 Å². The molecule has 1 aliphatic rings. The number of rotatable bonds is 8. The highest BCUT2D eigenvalue weighted by Crippen LogP contribution is 2.28. The first-order valence-electron chi connectivity index (χ1n) is 13.1. The number of aryl methyl sites for hydroxylation is 1. The highest BCUT2D eigenvalue weighted by atomic mass is 16.5. The molecule has 204 valence electrons. The number of pyridine rings is 1.